The van der Waals surface area contributed by atoms with E-state index in [0.717, 1.165) is 51.6 Å². The van der Waals surface area contributed by atoms with Crippen LogP contribution in [0.4, 0.5) is 0 Å². The summed E-state index contributed by atoms with van der Waals surface area (Å²) in [4.78, 5) is 7.46. The molecule has 3 atom stereocenters. The van der Waals surface area contributed by atoms with Crippen LogP contribution < -0.4 is 5.32 Å². The topological polar surface area (TPSA) is 54.7 Å². The van der Waals surface area contributed by atoms with Gasteiger partial charge in [-0.1, -0.05) is 30.3 Å². The summed E-state index contributed by atoms with van der Waals surface area (Å²) < 4.78 is 7.93. The molecule has 7 heteroatoms. The third kappa shape index (κ3) is 5.75. The molecule has 0 aliphatic carbocycles. The van der Waals surface area contributed by atoms with Gasteiger partial charge in [0.1, 0.15) is 0 Å². The molecule has 0 saturated carbocycles. The minimum absolute atomic E-state index is 0. The Labute approximate surface area is 197 Å². The van der Waals surface area contributed by atoms with E-state index in [4.69, 9.17) is 9.73 Å². The number of aryl methyl sites for hydroxylation is 1. The third-order valence-corrected chi connectivity index (χ3v) is 6.02. The molecule has 2 aromatic rings. The van der Waals surface area contributed by atoms with E-state index in [1.807, 2.05) is 17.9 Å². The van der Waals surface area contributed by atoms with Gasteiger partial charge in [-0.2, -0.15) is 5.10 Å². The summed E-state index contributed by atoms with van der Waals surface area (Å²) in [7, 11) is 1.98. The normalized spacial score (nSPS) is 24.1. The van der Waals surface area contributed by atoms with Gasteiger partial charge in [0.05, 0.1) is 12.3 Å². The van der Waals surface area contributed by atoms with Crippen molar-refractivity contribution in [1.82, 2.24) is 20.0 Å². The molecule has 30 heavy (non-hydrogen) atoms. The number of guanidine groups is 1. The Bertz CT molecular complexity index is 809. The van der Waals surface area contributed by atoms with Crippen LogP contribution in [0.1, 0.15) is 37.0 Å². The molecule has 2 aliphatic rings. The van der Waals surface area contributed by atoms with Crippen LogP contribution in [0.25, 0.3) is 0 Å². The van der Waals surface area contributed by atoms with Crippen LogP contribution in [0, 0.1) is 11.8 Å². The Kier molecular flexibility index (Phi) is 8.56. The molecule has 0 amide bonds. The molecule has 1 aromatic carbocycles. The molecular formula is C23H34IN5O. The van der Waals surface area contributed by atoms with E-state index < -0.39 is 0 Å². The summed E-state index contributed by atoms with van der Waals surface area (Å²) in [5.74, 6) is 2.16. The second kappa shape index (κ2) is 11.1. The van der Waals surface area contributed by atoms with Gasteiger partial charge in [0.2, 0.25) is 0 Å². The lowest BCUT2D eigenvalue weighted by Gasteiger charge is -2.23. The molecule has 2 aliphatic heterocycles. The maximum atomic E-state index is 6.04. The van der Waals surface area contributed by atoms with E-state index in [0.29, 0.717) is 11.8 Å². The molecule has 1 aromatic heterocycles. The minimum atomic E-state index is 0. The Morgan fingerprint density at radius 2 is 2.10 bits per heavy atom. The number of rotatable bonds is 6. The van der Waals surface area contributed by atoms with Gasteiger partial charge in [0.15, 0.2) is 5.96 Å². The van der Waals surface area contributed by atoms with Crippen molar-refractivity contribution in [3.8, 4) is 0 Å². The average Bonchev–Trinajstić information content (AvgIpc) is 3.48. The highest BCUT2D eigenvalue weighted by molar-refractivity contribution is 14.0. The van der Waals surface area contributed by atoms with E-state index in [2.05, 4.69) is 58.8 Å². The number of hydrogen-bond donors (Lipinski definition) is 1. The largest absolute Gasteiger partial charge is 0.373 e. The van der Waals surface area contributed by atoms with Crippen LogP contribution in [0.3, 0.4) is 0 Å². The molecule has 0 bridgehead atoms. The number of nitrogens with one attached hydrogen (secondary N) is 1. The van der Waals surface area contributed by atoms with Crippen LogP contribution in [-0.4, -0.2) is 53.4 Å². The fraction of sp³-hybridized carbons (Fsp3) is 0.565. The number of ether oxygens (including phenoxy) is 1. The maximum Gasteiger partial charge on any atom is 0.193 e. The van der Waals surface area contributed by atoms with Crippen LogP contribution in [-0.2, 0) is 18.2 Å². The van der Waals surface area contributed by atoms with Crippen molar-refractivity contribution in [2.24, 2.45) is 23.9 Å². The van der Waals surface area contributed by atoms with Crippen LogP contribution in [0.2, 0.25) is 0 Å². The second-order valence-corrected chi connectivity index (χ2v) is 8.27. The standard InChI is InChI=1S/C23H33N5O.HI/c1-3-24-23(28-11-9-18(17-28)13-19-14-26-27(2)16-19)25-15-21-10-12-29-22(21)20-7-5-4-6-8-20;/h4-8,14,16,18,21-22H,3,9-13,15,17H2,1-2H3,(H,24,25);1H. The molecule has 2 fully saturated rings. The Balaban J connectivity index is 0.00000256. The van der Waals surface area contributed by atoms with Crippen LogP contribution >= 0.6 is 24.0 Å². The van der Waals surface area contributed by atoms with Gasteiger partial charge >= 0.3 is 0 Å². The summed E-state index contributed by atoms with van der Waals surface area (Å²) in [6, 6.07) is 10.6. The molecule has 6 nitrogen and oxygen atoms in total. The Hall–Kier alpha value is -1.61. The zero-order valence-electron chi connectivity index (χ0n) is 18.0. The van der Waals surface area contributed by atoms with Gasteiger partial charge in [-0.05, 0) is 43.2 Å². The first-order chi connectivity index (χ1) is 14.2. The van der Waals surface area contributed by atoms with Crippen molar-refractivity contribution >= 4 is 29.9 Å². The van der Waals surface area contributed by atoms with E-state index in [-0.39, 0.29) is 30.1 Å². The van der Waals surface area contributed by atoms with Gasteiger partial charge in [0, 0.05) is 51.9 Å². The molecule has 2 saturated heterocycles. The highest BCUT2D eigenvalue weighted by Crippen LogP contribution is 2.34. The van der Waals surface area contributed by atoms with E-state index in [1.165, 1.54) is 17.5 Å². The molecule has 4 rings (SSSR count). The predicted octanol–water partition coefficient (Wildman–Crippen LogP) is 3.65. The summed E-state index contributed by atoms with van der Waals surface area (Å²) >= 11 is 0. The molecule has 3 heterocycles. The maximum absolute atomic E-state index is 6.04. The average molecular weight is 523 g/mol. The van der Waals surface area contributed by atoms with Gasteiger partial charge in [-0.25, -0.2) is 0 Å². The first kappa shape index (κ1) is 23.1. The zero-order chi connectivity index (χ0) is 20.1. The Morgan fingerprint density at radius 1 is 1.27 bits per heavy atom. The fourth-order valence-electron chi connectivity index (χ4n) is 4.56. The summed E-state index contributed by atoms with van der Waals surface area (Å²) in [6.07, 6.45) is 7.66. The smallest absolute Gasteiger partial charge is 0.193 e. The number of aliphatic imine (C=N–C) groups is 1. The fourth-order valence-corrected chi connectivity index (χ4v) is 4.56. The first-order valence-electron chi connectivity index (χ1n) is 10.9. The lowest BCUT2D eigenvalue weighted by Crippen LogP contribution is -2.40. The molecule has 1 N–H and O–H groups in total. The summed E-state index contributed by atoms with van der Waals surface area (Å²) in [6.45, 7) is 6.80. The lowest BCUT2D eigenvalue weighted by atomic mass is 9.95. The van der Waals surface area contributed by atoms with Crippen molar-refractivity contribution in [3.05, 3.63) is 53.9 Å². The predicted molar refractivity (Wildman–Crippen MR) is 131 cm³/mol. The quantitative estimate of drug-likeness (QED) is 0.357. The number of nitrogens with zero attached hydrogens (tertiary/aromatic N) is 4. The number of aromatic nitrogens is 2. The third-order valence-electron chi connectivity index (χ3n) is 6.02. The van der Waals surface area contributed by atoms with Gasteiger partial charge < -0.3 is 15.0 Å². The highest BCUT2D eigenvalue weighted by Gasteiger charge is 2.30. The number of halogens is 1. The molecule has 3 unspecified atom stereocenters. The number of likely N-dealkylation sites (tertiary alicyclic amines) is 1. The van der Waals surface area contributed by atoms with Crippen LogP contribution in [0.5, 0.6) is 0 Å². The second-order valence-electron chi connectivity index (χ2n) is 8.27. The van der Waals surface area contributed by atoms with Gasteiger partial charge in [0.25, 0.3) is 0 Å². The van der Waals surface area contributed by atoms with Crippen molar-refractivity contribution < 1.29 is 4.74 Å². The van der Waals surface area contributed by atoms with Crippen molar-refractivity contribution in [2.45, 2.75) is 32.3 Å². The highest BCUT2D eigenvalue weighted by atomic mass is 127. The van der Waals surface area contributed by atoms with Gasteiger partial charge in [-0.3, -0.25) is 9.67 Å². The molecule has 164 valence electrons. The van der Waals surface area contributed by atoms with Crippen molar-refractivity contribution in [1.29, 1.82) is 0 Å². The number of benzene rings is 1. The molecule has 0 radical (unpaired) electrons. The van der Waals surface area contributed by atoms with Crippen molar-refractivity contribution in [2.75, 3.05) is 32.8 Å². The lowest BCUT2D eigenvalue weighted by molar-refractivity contribution is 0.0925. The monoisotopic (exact) mass is 523 g/mol. The first-order valence-corrected chi connectivity index (χ1v) is 10.9. The number of hydrogen-bond acceptors (Lipinski definition) is 3. The molecular weight excluding hydrogens is 489 g/mol. The van der Waals surface area contributed by atoms with E-state index >= 15 is 0 Å². The zero-order valence-corrected chi connectivity index (χ0v) is 20.4. The summed E-state index contributed by atoms with van der Waals surface area (Å²) in [5, 5.41) is 7.81. The Morgan fingerprint density at radius 3 is 2.83 bits per heavy atom. The van der Waals surface area contributed by atoms with Crippen LogP contribution in [0.15, 0.2) is 47.7 Å². The SMILES string of the molecule is CCNC(=NCC1CCOC1c1ccccc1)N1CCC(Cc2cnn(C)c2)C1.I. The van der Waals surface area contributed by atoms with E-state index in [9.17, 15) is 0 Å². The van der Waals surface area contributed by atoms with Gasteiger partial charge in [-0.15, -0.1) is 24.0 Å². The minimum Gasteiger partial charge on any atom is -0.373 e. The van der Waals surface area contributed by atoms with E-state index in [1.54, 1.807) is 0 Å². The molecule has 0 spiro atoms. The van der Waals surface area contributed by atoms with Crippen molar-refractivity contribution in [3.63, 3.8) is 0 Å². The summed E-state index contributed by atoms with van der Waals surface area (Å²) in [5.41, 5.74) is 2.60.